The van der Waals surface area contributed by atoms with Gasteiger partial charge in [0.2, 0.25) is 0 Å². The first-order chi connectivity index (χ1) is 7.48. The molecule has 0 saturated carbocycles. The maximum Gasteiger partial charge on any atom is 0.0300 e. The Hall–Kier alpha value is -0.380. The van der Waals surface area contributed by atoms with Gasteiger partial charge in [0.1, 0.15) is 0 Å². The number of hydrogen-bond donors (Lipinski definition) is 1. The van der Waals surface area contributed by atoms with E-state index in [0.29, 0.717) is 6.04 Å². The highest BCUT2D eigenvalue weighted by atomic mass is 32.1. The lowest BCUT2D eigenvalue weighted by Gasteiger charge is -2.40. The van der Waals surface area contributed by atoms with Gasteiger partial charge in [-0.15, -0.1) is 0 Å². The van der Waals surface area contributed by atoms with Gasteiger partial charge in [0, 0.05) is 11.6 Å². The lowest BCUT2D eigenvalue weighted by atomic mass is 9.89. The van der Waals surface area contributed by atoms with Gasteiger partial charge >= 0.3 is 0 Å². The number of nitrogens with one attached hydrogen (secondary N) is 1. The molecule has 3 heteroatoms. The van der Waals surface area contributed by atoms with Crippen LogP contribution in [0.4, 0.5) is 0 Å². The second-order valence-corrected chi connectivity index (χ2v) is 5.84. The summed E-state index contributed by atoms with van der Waals surface area (Å²) in [5.41, 5.74) is 1.64. The van der Waals surface area contributed by atoms with Gasteiger partial charge in [-0.25, -0.2) is 0 Å². The van der Waals surface area contributed by atoms with Crippen LogP contribution in [-0.2, 0) is 6.42 Å². The van der Waals surface area contributed by atoms with Gasteiger partial charge < -0.3 is 10.2 Å². The molecule has 0 aromatic carbocycles. The summed E-state index contributed by atoms with van der Waals surface area (Å²) in [6, 6.07) is 2.74. The summed E-state index contributed by atoms with van der Waals surface area (Å²) in [6.07, 6.45) is 2.34. The molecule has 1 aromatic heterocycles. The smallest absolute Gasteiger partial charge is 0.0300 e. The van der Waals surface area contributed by atoms with Crippen LogP contribution in [0.15, 0.2) is 16.8 Å². The van der Waals surface area contributed by atoms with E-state index in [1.807, 2.05) is 0 Å². The van der Waals surface area contributed by atoms with Gasteiger partial charge in [0.25, 0.3) is 0 Å². The summed E-state index contributed by atoms with van der Waals surface area (Å²) in [5, 5.41) is 7.85. The van der Waals surface area contributed by atoms with Crippen molar-refractivity contribution < 1.29 is 0 Å². The molecule has 1 N–H and O–H groups in total. The van der Waals surface area contributed by atoms with Gasteiger partial charge in [-0.05, 0) is 70.2 Å². The van der Waals surface area contributed by atoms with Crippen molar-refractivity contribution in [3.8, 4) is 0 Å². The van der Waals surface area contributed by atoms with Crippen molar-refractivity contribution in [2.75, 3.05) is 21.1 Å². The summed E-state index contributed by atoms with van der Waals surface area (Å²) < 4.78 is 0. The van der Waals surface area contributed by atoms with Gasteiger partial charge in [-0.1, -0.05) is 0 Å². The van der Waals surface area contributed by atoms with Crippen LogP contribution in [0.25, 0.3) is 0 Å². The van der Waals surface area contributed by atoms with E-state index < -0.39 is 0 Å². The Labute approximate surface area is 104 Å². The lowest BCUT2D eigenvalue weighted by molar-refractivity contribution is 0.137. The zero-order valence-corrected chi connectivity index (χ0v) is 11.9. The Bertz CT molecular complexity index is 291. The average Bonchev–Trinajstić information content (AvgIpc) is 2.71. The van der Waals surface area contributed by atoms with Crippen LogP contribution in [0.1, 0.15) is 25.8 Å². The van der Waals surface area contributed by atoms with E-state index in [1.54, 1.807) is 11.3 Å². The quantitative estimate of drug-likeness (QED) is 0.822. The molecule has 0 aliphatic heterocycles. The molecule has 2 nitrogen and oxygen atoms in total. The number of rotatable bonds is 6. The molecule has 0 amide bonds. The molecule has 1 atom stereocenters. The molecule has 1 heterocycles. The molecule has 0 aliphatic carbocycles. The third-order valence-electron chi connectivity index (χ3n) is 3.66. The summed E-state index contributed by atoms with van der Waals surface area (Å²) in [7, 11) is 6.35. The fourth-order valence-electron chi connectivity index (χ4n) is 1.91. The number of thiophene rings is 1. The Balaban J connectivity index is 2.55. The first-order valence-electron chi connectivity index (χ1n) is 5.84. The minimum Gasteiger partial charge on any atom is -0.315 e. The van der Waals surface area contributed by atoms with Crippen molar-refractivity contribution in [2.24, 2.45) is 0 Å². The van der Waals surface area contributed by atoms with Crippen molar-refractivity contribution in [3.63, 3.8) is 0 Å². The van der Waals surface area contributed by atoms with Crippen molar-refractivity contribution in [3.05, 3.63) is 22.4 Å². The first kappa shape index (κ1) is 13.7. The lowest BCUT2D eigenvalue weighted by Crippen LogP contribution is -2.54. The highest BCUT2D eigenvalue weighted by molar-refractivity contribution is 7.07. The van der Waals surface area contributed by atoms with Crippen LogP contribution < -0.4 is 5.32 Å². The molecular weight excluding hydrogens is 216 g/mol. The normalized spacial score (nSPS) is 14.4. The van der Waals surface area contributed by atoms with E-state index in [0.717, 1.165) is 6.42 Å². The van der Waals surface area contributed by atoms with E-state index in [2.05, 4.69) is 62.0 Å². The molecule has 92 valence electrons. The zero-order chi connectivity index (χ0) is 12.2. The van der Waals surface area contributed by atoms with Crippen LogP contribution in [0.2, 0.25) is 0 Å². The topological polar surface area (TPSA) is 15.3 Å². The molecule has 0 radical (unpaired) electrons. The monoisotopic (exact) mass is 240 g/mol. The molecule has 0 aliphatic rings. The largest absolute Gasteiger partial charge is 0.315 e. The molecule has 1 aromatic rings. The second-order valence-electron chi connectivity index (χ2n) is 5.06. The Kier molecular flexibility index (Phi) is 4.96. The second kappa shape index (κ2) is 5.80. The summed E-state index contributed by atoms with van der Waals surface area (Å²) in [5.74, 6) is 0. The zero-order valence-electron chi connectivity index (χ0n) is 11.1. The van der Waals surface area contributed by atoms with E-state index >= 15 is 0 Å². The van der Waals surface area contributed by atoms with Crippen LogP contribution in [0.5, 0.6) is 0 Å². The molecule has 0 saturated heterocycles. The standard InChI is InChI=1S/C13H24N2S/c1-13(2,15(4)5)12(14-3)7-6-11-8-9-16-10-11/h8-10,12,14H,6-7H2,1-5H3. The van der Waals surface area contributed by atoms with Crippen molar-refractivity contribution in [2.45, 2.75) is 38.3 Å². The maximum absolute atomic E-state index is 3.45. The van der Waals surface area contributed by atoms with Crippen LogP contribution >= 0.6 is 11.3 Å². The third kappa shape index (κ3) is 3.30. The number of likely N-dealkylation sites (N-methyl/N-ethyl adjacent to an activating group) is 2. The molecule has 1 rings (SSSR count). The summed E-state index contributed by atoms with van der Waals surface area (Å²) in [4.78, 5) is 2.29. The Morgan fingerprint density at radius 1 is 1.44 bits per heavy atom. The fourth-order valence-corrected chi connectivity index (χ4v) is 2.61. The van der Waals surface area contributed by atoms with Crippen LogP contribution in [-0.4, -0.2) is 37.6 Å². The SMILES string of the molecule is CNC(CCc1ccsc1)C(C)(C)N(C)C. The number of aryl methyl sites for hydroxylation is 1. The first-order valence-corrected chi connectivity index (χ1v) is 6.78. The minimum absolute atomic E-state index is 0.185. The highest BCUT2D eigenvalue weighted by Gasteiger charge is 2.29. The average molecular weight is 240 g/mol. The van der Waals surface area contributed by atoms with Gasteiger partial charge in [-0.2, -0.15) is 11.3 Å². The van der Waals surface area contributed by atoms with E-state index in [-0.39, 0.29) is 5.54 Å². The van der Waals surface area contributed by atoms with Crippen molar-refractivity contribution in [1.82, 2.24) is 10.2 Å². The van der Waals surface area contributed by atoms with E-state index in [9.17, 15) is 0 Å². The minimum atomic E-state index is 0.185. The Morgan fingerprint density at radius 3 is 2.56 bits per heavy atom. The Morgan fingerprint density at radius 2 is 2.12 bits per heavy atom. The van der Waals surface area contributed by atoms with Crippen molar-refractivity contribution >= 4 is 11.3 Å². The van der Waals surface area contributed by atoms with E-state index in [1.165, 1.54) is 12.0 Å². The van der Waals surface area contributed by atoms with Gasteiger partial charge in [0.05, 0.1) is 0 Å². The van der Waals surface area contributed by atoms with Gasteiger partial charge in [0.15, 0.2) is 0 Å². The molecule has 0 fully saturated rings. The predicted octanol–water partition coefficient (Wildman–Crippen LogP) is 2.61. The third-order valence-corrected chi connectivity index (χ3v) is 4.39. The fraction of sp³-hybridized carbons (Fsp3) is 0.692. The number of hydrogen-bond acceptors (Lipinski definition) is 3. The molecule has 1 unspecified atom stereocenters. The molecule has 0 spiro atoms. The molecule has 16 heavy (non-hydrogen) atoms. The van der Waals surface area contributed by atoms with Crippen LogP contribution in [0.3, 0.4) is 0 Å². The summed E-state index contributed by atoms with van der Waals surface area (Å²) >= 11 is 1.78. The van der Waals surface area contributed by atoms with E-state index in [4.69, 9.17) is 0 Å². The molecular formula is C13H24N2S. The van der Waals surface area contributed by atoms with Crippen LogP contribution in [0, 0.1) is 0 Å². The number of nitrogens with zero attached hydrogens (tertiary/aromatic N) is 1. The highest BCUT2D eigenvalue weighted by Crippen LogP contribution is 2.20. The molecule has 0 bridgehead atoms. The predicted molar refractivity (Wildman–Crippen MR) is 73.3 cm³/mol. The van der Waals surface area contributed by atoms with Gasteiger partial charge in [-0.3, -0.25) is 0 Å². The maximum atomic E-state index is 3.45. The summed E-state index contributed by atoms with van der Waals surface area (Å²) in [6.45, 7) is 4.59. The van der Waals surface area contributed by atoms with Crippen molar-refractivity contribution in [1.29, 1.82) is 0 Å².